The molecule has 0 bridgehead atoms. The molecular weight excluding hydrogens is 416 g/mol. The molecule has 8 heteroatoms. The molecule has 4 rings (SSSR count). The normalized spacial score (nSPS) is 15.4. The van der Waals surface area contributed by atoms with Crippen molar-refractivity contribution >= 4 is 40.5 Å². The highest BCUT2D eigenvalue weighted by Gasteiger charge is 2.35. The van der Waals surface area contributed by atoms with Crippen molar-refractivity contribution in [2.75, 3.05) is 33.9 Å². The number of hydrogen-bond acceptors (Lipinski definition) is 6. The molecular formula is C25H28N6O2. The van der Waals surface area contributed by atoms with E-state index in [-0.39, 0.29) is 24.2 Å². The fourth-order valence-corrected chi connectivity index (χ4v) is 3.79. The summed E-state index contributed by atoms with van der Waals surface area (Å²) in [6, 6.07) is 17.0. The van der Waals surface area contributed by atoms with Gasteiger partial charge in [0.15, 0.2) is 0 Å². The molecule has 170 valence electrons. The maximum absolute atomic E-state index is 12.8. The Bertz CT molecular complexity index is 1140. The third-order valence-electron chi connectivity index (χ3n) is 5.46. The van der Waals surface area contributed by atoms with Gasteiger partial charge in [0.25, 0.3) is 0 Å². The van der Waals surface area contributed by atoms with Gasteiger partial charge in [-0.1, -0.05) is 17.7 Å². The van der Waals surface area contributed by atoms with E-state index in [9.17, 15) is 9.59 Å². The minimum atomic E-state index is -0.384. The second kappa shape index (κ2) is 9.68. The van der Waals surface area contributed by atoms with Gasteiger partial charge in [-0.2, -0.15) is 0 Å². The Hall–Kier alpha value is -3.94. The van der Waals surface area contributed by atoms with Gasteiger partial charge in [-0.3, -0.25) is 9.59 Å². The Labute approximate surface area is 193 Å². The third-order valence-corrected chi connectivity index (χ3v) is 5.46. The SMILES string of the molecule is CCNc1cc(Nc2ccc(NC(=O)C3CC(=O)N(c4ccc(C)cc4)C3)cc2)nc(C)n1. The molecule has 3 N–H and O–H groups in total. The molecule has 2 amide bonds. The Morgan fingerprint density at radius 3 is 2.36 bits per heavy atom. The van der Waals surface area contributed by atoms with E-state index < -0.39 is 0 Å². The summed E-state index contributed by atoms with van der Waals surface area (Å²) < 4.78 is 0. The second-order valence-corrected chi connectivity index (χ2v) is 8.15. The fourth-order valence-electron chi connectivity index (χ4n) is 3.79. The van der Waals surface area contributed by atoms with Crippen LogP contribution in [0, 0.1) is 19.8 Å². The summed E-state index contributed by atoms with van der Waals surface area (Å²) in [6.07, 6.45) is 0.209. The summed E-state index contributed by atoms with van der Waals surface area (Å²) in [5, 5.41) is 9.37. The molecule has 3 aromatic rings. The number of carbonyl (C=O) groups excluding carboxylic acids is 2. The van der Waals surface area contributed by atoms with Crippen LogP contribution in [0.5, 0.6) is 0 Å². The average molecular weight is 445 g/mol. The molecule has 1 saturated heterocycles. The maximum Gasteiger partial charge on any atom is 0.229 e. The number of nitrogens with zero attached hydrogens (tertiary/aromatic N) is 3. The molecule has 1 aliphatic heterocycles. The number of amides is 2. The van der Waals surface area contributed by atoms with Gasteiger partial charge in [0.05, 0.1) is 5.92 Å². The lowest BCUT2D eigenvalue weighted by molar-refractivity contribution is -0.122. The number of aromatic nitrogens is 2. The number of aryl methyl sites for hydroxylation is 2. The smallest absolute Gasteiger partial charge is 0.229 e. The second-order valence-electron chi connectivity index (χ2n) is 8.15. The van der Waals surface area contributed by atoms with E-state index in [4.69, 9.17) is 0 Å². The first-order valence-corrected chi connectivity index (χ1v) is 11.1. The predicted molar refractivity (Wildman–Crippen MR) is 131 cm³/mol. The lowest BCUT2D eigenvalue weighted by atomic mass is 10.1. The lowest BCUT2D eigenvalue weighted by Gasteiger charge is -2.17. The number of rotatable bonds is 7. The topological polar surface area (TPSA) is 99.2 Å². The van der Waals surface area contributed by atoms with Crippen LogP contribution >= 0.6 is 0 Å². The lowest BCUT2D eigenvalue weighted by Crippen LogP contribution is -2.28. The Morgan fingerprint density at radius 1 is 1.00 bits per heavy atom. The number of benzene rings is 2. The zero-order chi connectivity index (χ0) is 23.4. The van der Waals surface area contributed by atoms with Gasteiger partial charge >= 0.3 is 0 Å². The van der Waals surface area contributed by atoms with E-state index in [1.807, 2.05) is 75.4 Å². The van der Waals surface area contributed by atoms with Crippen molar-refractivity contribution in [2.45, 2.75) is 27.2 Å². The van der Waals surface area contributed by atoms with Gasteiger partial charge in [0.1, 0.15) is 17.5 Å². The van der Waals surface area contributed by atoms with E-state index in [1.54, 1.807) is 4.90 Å². The maximum atomic E-state index is 12.8. The van der Waals surface area contributed by atoms with Crippen LogP contribution in [0.2, 0.25) is 0 Å². The summed E-state index contributed by atoms with van der Waals surface area (Å²) in [5.41, 5.74) is 3.48. The Balaban J connectivity index is 1.36. The van der Waals surface area contributed by atoms with E-state index >= 15 is 0 Å². The highest BCUT2D eigenvalue weighted by atomic mass is 16.2. The van der Waals surface area contributed by atoms with Gasteiger partial charge in [0, 0.05) is 42.6 Å². The molecule has 0 aliphatic carbocycles. The van der Waals surface area contributed by atoms with Crippen LogP contribution in [0.4, 0.5) is 28.7 Å². The summed E-state index contributed by atoms with van der Waals surface area (Å²) in [7, 11) is 0. The molecule has 1 aromatic heterocycles. The molecule has 1 fully saturated rings. The summed E-state index contributed by atoms with van der Waals surface area (Å²) >= 11 is 0. The molecule has 2 heterocycles. The number of anilines is 5. The van der Waals surface area contributed by atoms with Crippen LogP contribution in [-0.4, -0.2) is 34.9 Å². The Kier molecular flexibility index (Phi) is 6.53. The largest absolute Gasteiger partial charge is 0.370 e. The van der Waals surface area contributed by atoms with Crippen molar-refractivity contribution in [3.8, 4) is 0 Å². The number of nitrogens with one attached hydrogen (secondary N) is 3. The van der Waals surface area contributed by atoms with Gasteiger partial charge < -0.3 is 20.9 Å². The van der Waals surface area contributed by atoms with E-state index in [2.05, 4.69) is 25.9 Å². The molecule has 1 aliphatic rings. The van der Waals surface area contributed by atoms with Crippen molar-refractivity contribution in [1.82, 2.24) is 9.97 Å². The quantitative estimate of drug-likeness (QED) is 0.504. The molecule has 0 saturated carbocycles. The first-order valence-electron chi connectivity index (χ1n) is 11.1. The van der Waals surface area contributed by atoms with Crippen molar-refractivity contribution in [3.63, 3.8) is 0 Å². The van der Waals surface area contributed by atoms with Crippen LogP contribution in [0.3, 0.4) is 0 Å². The van der Waals surface area contributed by atoms with Crippen molar-refractivity contribution in [3.05, 3.63) is 66.0 Å². The predicted octanol–water partition coefficient (Wildman–Crippen LogP) is 4.26. The molecule has 8 nitrogen and oxygen atoms in total. The monoisotopic (exact) mass is 444 g/mol. The molecule has 1 atom stereocenters. The van der Waals surface area contributed by atoms with E-state index in [0.717, 1.165) is 29.3 Å². The molecule has 33 heavy (non-hydrogen) atoms. The minimum Gasteiger partial charge on any atom is -0.370 e. The number of hydrogen-bond donors (Lipinski definition) is 3. The first kappa shape index (κ1) is 22.3. The fraction of sp³-hybridized carbons (Fsp3) is 0.280. The first-order chi connectivity index (χ1) is 15.9. The van der Waals surface area contributed by atoms with Gasteiger partial charge in [0.2, 0.25) is 11.8 Å². The molecule has 0 radical (unpaired) electrons. The van der Waals surface area contributed by atoms with E-state index in [0.29, 0.717) is 23.9 Å². The van der Waals surface area contributed by atoms with Crippen LogP contribution in [-0.2, 0) is 9.59 Å². The zero-order valence-electron chi connectivity index (χ0n) is 19.1. The van der Waals surface area contributed by atoms with Gasteiger partial charge in [-0.05, 0) is 57.2 Å². The average Bonchev–Trinajstić information content (AvgIpc) is 3.17. The van der Waals surface area contributed by atoms with Crippen molar-refractivity contribution < 1.29 is 9.59 Å². The zero-order valence-corrected chi connectivity index (χ0v) is 19.1. The van der Waals surface area contributed by atoms with Gasteiger partial charge in [-0.25, -0.2) is 9.97 Å². The Morgan fingerprint density at radius 2 is 1.67 bits per heavy atom. The molecule has 2 aromatic carbocycles. The van der Waals surface area contributed by atoms with Crippen LogP contribution in [0.1, 0.15) is 24.7 Å². The van der Waals surface area contributed by atoms with E-state index in [1.165, 1.54) is 0 Å². The standard InChI is InChI=1S/C25H28N6O2/c1-4-26-22-14-23(28-17(3)27-22)29-19-7-9-20(10-8-19)30-25(33)18-13-24(32)31(15-18)21-11-5-16(2)6-12-21/h5-12,14,18H,4,13,15H2,1-3H3,(H,30,33)(H2,26,27,28,29). The van der Waals surface area contributed by atoms with Gasteiger partial charge in [-0.15, -0.1) is 0 Å². The highest BCUT2D eigenvalue weighted by Crippen LogP contribution is 2.27. The minimum absolute atomic E-state index is 0.0318. The summed E-state index contributed by atoms with van der Waals surface area (Å²) in [4.78, 5) is 35.7. The summed E-state index contributed by atoms with van der Waals surface area (Å²) in [5.74, 6) is 1.56. The molecule has 0 spiro atoms. The summed E-state index contributed by atoms with van der Waals surface area (Å²) in [6.45, 7) is 7.02. The van der Waals surface area contributed by atoms with Crippen LogP contribution < -0.4 is 20.9 Å². The van der Waals surface area contributed by atoms with Crippen LogP contribution in [0.15, 0.2) is 54.6 Å². The highest BCUT2D eigenvalue weighted by molar-refractivity contribution is 6.03. The third kappa shape index (κ3) is 5.46. The van der Waals surface area contributed by atoms with Crippen LogP contribution in [0.25, 0.3) is 0 Å². The van der Waals surface area contributed by atoms with Crippen molar-refractivity contribution in [2.24, 2.45) is 5.92 Å². The number of carbonyl (C=O) groups is 2. The molecule has 1 unspecified atom stereocenters. The van der Waals surface area contributed by atoms with Crippen molar-refractivity contribution in [1.29, 1.82) is 0 Å².